The Morgan fingerprint density at radius 3 is 1.28 bits per heavy atom. The van der Waals surface area contributed by atoms with Gasteiger partial charge in [-0.05, 0) is 79.0 Å². The molecular weight excluding hydrogens is 583 g/mol. The van der Waals surface area contributed by atoms with E-state index in [0.717, 1.165) is 19.3 Å². The zero-order valence-electron chi connectivity index (χ0n) is 32.2. The van der Waals surface area contributed by atoms with Crippen LogP contribution in [-0.4, -0.2) is 9.79 Å². The van der Waals surface area contributed by atoms with Crippen LogP contribution >= 0.6 is 8.60 Å². The molecule has 2 aromatic carbocycles. The molecule has 0 spiro atoms. The highest BCUT2D eigenvalue weighted by molar-refractivity contribution is 7.39. The van der Waals surface area contributed by atoms with Gasteiger partial charge in [0.25, 0.3) is 0 Å². The molecular formula is C42H69O3P. The lowest BCUT2D eigenvalue weighted by Crippen LogP contribution is -2.42. The normalized spacial score (nSPS) is 19.0. The van der Waals surface area contributed by atoms with Gasteiger partial charge in [0, 0.05) is 5.92 Å². The molecule has 2 N–H and O–H groups in total. The summed E-state index contributed by atoms with van der Waals surface area (Å²) in [6, 6.07) is 9.65. The van der Waals surface area contributed by atoms with E-state index >= 15 is 0 Å². The summed E-state index contributed by atoms with van der Waals surface area (Å²) in [7, 11) is -2.63. The summed E-state index contributed by atoms with van der Waals surface area (Å²) in [5, 5.41) is 0. The lowest BCUT2D eigenvalue weighted by Gasteiger charge is -2.49. The van der Waals surface area contributed by atoms with Crippen molar-refractivity contribution in [1.29, 1.82) is 0 Å². The summed E-state index contributed by atoms with van der Waals surface area (Å²) < 4.78 is 6.75. The van der Waals surface area contributed by atoms with E-state index in [0.29, 0.717) is 0 Å². The standard InChI is InChI=1S/C42H69O3P/c1-15-16-17-18-19-20-21-22-23-24-42(45-46(43)44)36-32(25-30(38(3,4)5)27-34(36)40(9,10)11)29(2)33-26-31(39(6,7)8)28-35(37(33)42)41(12,13)14/h25-29,43-44H,15-24H2,1-14H3. The van der Waals surface area contributed by atoms with Crippen molar-refractivity contribution in [2.45, 2.75) is 194 Å². The second-order valence-electron chi connectivity index (χ2n) is 18.4. The van der Waals surface area contributed by atoms with Crippen molar-refractivity contribution in [3.05, 3.63) is 68.8 Å². The van der Waals surface area contributed by atoms with Crippen molar-refractivity contribution in [3.63, 3.8) is 0 Å². The summed E-state index contributed by atoms with van der Waals surface area (Å²) in [6.07, 6.45) is 11.9. The summed E-state index contributed by atoms with van der Waals surface area (Å²) in [6.45, 7) is 32.2. The van der Waals surface area contributed by atoms with Gasteiger partial charge >= 0.3 is 8.60 Å². The van der Waals surface area contributed by atoms with E-state index in [9.17, 15) is 9.79 Å². The fraction of sp³-hybridized carbons (Fsp3) is 0.714. The summed E-state index contributed by atoms with van der Waals surface area (Å²) >= 11 is 0. The van der Waals surface area contributed by atoms with Gasteiger partial charge in [0.15, 0.2) is 0 Å². The average molecular weight is 653 g/mol. The van der Waals surface area contributed by atoms with Crippen molar-refractivity contribution >= 4 is 8.60 Å². The Morgan fingerprint density at radius 2 is 0.957 bits per heavy atom. The van der Waals surface area contributed by atoms with Gasteiger partial charge in [-0.25, -0.2) is 0 Å². The first-order valence-electron chi connectivity index (χ1n) is 18.3. The van der Waals surface area contributed by atoms with Crippen molar-refractivity contribution in [3.8, 4) is 0 Å². The lowest BCUT2D eigenvalue weighted by molar-refractivity contribution is 0.0707. The largest absolute Gasteiger partial charge is 0.328 e. The first kappa shape index (κ1) is 39.2. The molecule has 260 valence electrons. The Balaban J connectivity index is 2.38. The van der Waals surface area contributed by atoms with E-state index < -0.39 is 14.2 Å². The second kappa shape index (κ2) is 14.7. The topological polar surface area (TPSA) is 49.7 Å². The monoisotopic (exact) mass is 652 g/mol. The SMILES string of the molecule is CCCCCCCCCCCC1(OP(O)O)c2c(cc(C(C)(C)C)cc2C(C)(C)C)C(C)c2cc(C(C)(C)C)cc(C(C)(C)C)c21. The number of unbranched alkanes of at least 4 members (excludes halogenated alkanes) is 8. The number of benzene rings is 2. The molecule has 0 aromatic heterocycles. The van der Waals surface area contributed by atoms with Crippen molar-refractivity contribution in [1.82, 2.24) is 0 Å². The third-order valence-electron chi connectivity index (χ3n) is 10.3. The van der Waals surface area contributed by atoms with Crippen LogP contribution < -0.4 is 0 Å². The van der Waals surface area contributed by atoms with Gasteiger partial charge in [0.05, 0.1) is 0 Å². The molecule has 0 radical (unpaired) electrons. The molecule has 1 aliphatic carbocycles. The minimum atomic E-state index is -2.63. The number of rotatable bonds is 12. The predicted molar refractivity (Wildman–Crippen MR) is 200 cm³/mol. The van der Waals surface area contributed by atoms with Crippen molar-refractivity contribution in [2.75, 3.05) is 0 Å². The van der Waals surface area contributed by atoms with Gasteiger partial charge < -0.3 is 9.79 Å². The fourth-order valence-corrected chi connectivity index (χ4v) is 8.02. The average Bonchev–Trinajstić information content (AvgIpc) is 2.91. The quantitative estimate of drug-likeness (QED) is 0.177. The second-order valence-corrected chi connectivity index (χ2v) is 19.1. The van der Waals surface area contributed by atoms with Crippen LogP contribution in [0.25, 0.3) is 0 Å². The maximum absolute atomic E-state index is 10.9. The highest BCUT2D eigenvalue weighted by Crippen LogP contribution is 2.59. The number of hydrogen-bond donors (Lipinski definition) is 2. The molecule has 0 aliphatic heterocycles. The minimum Gasteiger partial charge on any atom is -0.328 e. The summed E-state index contributed by atoms with van der Waals surface area (Å²) in [5.74, 6) is 0.139. The van der Waals surface area contributed by atoms with Crippen molar-refractivity contribution < 1.29 is 14.3 Å². The maximum Gasteiger partial charge on any atom is 0.328 e. The van der Waals surface area contributed by atoms with E-state index in [1.165, 1.54) is 89.5 Å². The van der Waals surface area contributed by atoms with Crippen LogP contribution in [-0.2, 0) is 31.8 Å². The Labute approximate surface area is 285 Å². The lowest BCUT2D eigenvalue weighted by atomic mass is 9.60. The van der Waals surface area contributed by atoms with Crippen LogP contribution in [0.15, 0.2) is 24.3 Å². The van der Waals surface area contributed by atoms with Crippen LogP contribution in [0.4, 0.5) is 0 Å². The maximum atomic E-state index is 10.9. The minimum absolute atomic E-state index is 0.0277. The highest BCUT2D eigenvalue weighted by atomic mass is 31.2. The highest BCUT2D eigenvalue weighted by Gasteiger charge is 2.51. The first-order valence-corrected chi connectivity index (χ1v) is 19.5. The molecule has 1 aliphatic rings. The summed E-state index contributed by atoms with van der Waals surface area (Å²) in [4.78, 5) is 21.8. The Hall–Kier alpha value is -1.25. The molecule has 3 rings (SSSR count). The predicted octanol–water partition coefficient (Wildman–Crippen LogP) is 12.7. The fourth-order valence-electron chi connectivity index (χ4n) is 7.47. The van der Waals surface area contributed by atoms with Gasteiger partial charge in [0.1, 0.15) is 5.60 Å². The molecule has 46 heavy (non-hydrogen) atoms. The van der Waals surface area contributed by atoms with E-state index in [1.54, 1.807) is 0 Å². The zero-order valence-corrected chi connectivity index (χ0v) is 33.1. The number of hydrogen-bond acceptors (Lipinski definition) is 3. The Bertz CT molecular complexity index is 1230. The number of fused-ring (bicyclic) bond motifs is 2. The molecule has 0 fully saturated rings. The molecule has 4 heteroatoms. The zero-order chi connectivity index (χ0) is 34.9. The molecule has 0 saturated heterocycles. The molecule has 0 saturated carbocycles. The van der Waals surface area contributed by atoms with Crippen LogP contribution in [0.2, 0.25) is 0 Å². The van der Waals surface area contributed by atoms with E-state index in [-0.39, 0.29) is 27.6 Å². The van der Waals surface area contributed by atoms with Gasteiger partial charge in [0.2, 0.25) is 0 Å². The summed E-state index contributed by atoms with van der Waals surface area (Å²) in [5.41, 5.74) is 8.74. The van der Waals surface area contributed by atoms with Crippen LogP contribution in [0.5, 0.6) is 0 Å². The van der Waals surface area contributed by atoms with Gasteiger partial charge in [-0.3, -0.25) is 4.52 Å². The van der Waals surface area contributed by atoms with Gasteiger partial charge in [-0.2, -0.15) is 0 Å². The van der Waals surface area contributed by atoms with E-state index in [1.807, 2.05) is 0 Å². The van der Waals surface area contributed by atoms with Crippen LogP contribution in [0.1, 0.15) is 212 Å². The van der Waals surface area contributed by atoms with E-state index in [2.05, 4.69) is 121 Å². The van der Waals surface area contributed by atoms with Crippen LogP contribution in [0, 0.1) is 0 Å². The van der Waals surface area contributed by atoms with Gasteiger partial charge in [-0.15, -0.1) is 0 Å². The molecule has 0 unspecified atom stereocenters. The van der Waals surface area contributed by atoms with Gasteiger partial charge in [-0.1, -0.05) is 173 Å². The molecule has 0 heterocycles. The molecule has 3 nitrogen and oxygen atoms in total. The Morgan fingerprint density at radius 1 is 0.587 bits per heavy atom. The smallest absolute Gasteiger partial charge is 0.328 e. The molecule has 0 atom stereocenters. The van der Waals surface area contributed by atoms with E-state index in [4.69, 9.17) is 4.52 Å². The molecule has 2 aromatic rings. The molecule has 0 amide bonds. The third-order valence-corrected chi connectivity index (χ3v) is 10.8. The third kappa shape index (κ3) is 8.85. The Kier molecular flexibility index (Phi) is 12.5. The first-order chi connectivity index (χ1) is 21.1. The molecule has 0 bridgehead atoms. The van der Waals surface area contributed by atoms with Crippen LogP contribution in [0.3, 0.4) is 0 Å². The van der Waals surface area contributed by atoms with Crippen molar-refractivity contribution in [2.24, 2.45) is 0 Å².